The molecule has 0 spiro atoms. The molecule has 1 rings (SSSR count). The van der Waals surface area contributed by atoms with Gasteiger partial charge in [-0.2, -0.15) is 17.2 Å². The van der Waals surface area contributed by atoms with E-state index in [2.05, 4.69) is 4.74 Å². The third-order valence-electron chi connectivity index (χ3n) is 4.00. The molecule has 7 nitrogen and oxygen atoms in total. The zero-order valence-electron chi connectivity index (χ0n) is 16.0. The predicted octanol–water partition coefficient (Wildman–Crippen LogP) is -1.20. The van der Waals surface area contributed by atoms with Crippen LogP contribution in [0.5, 0.6) is 5.75 Å². The molecule has 0 aliphatic heterocycles. The van der Waals surface area contributed by atoms with Gasteiger partial charge in [-0.25, -0.2) is 0 Å². The van der Waals surface area contributed by atoms with Crippen LogP contribution in [0.3, 0.4) is 0 Å². The number of rotatable bonds is 10. The van der Waals surface area contributed by atoms with E-state index in [1.54, 1.807) is 0 Å². The average Bonchev–Trinajstić information content (AvgIpc) is 2.63. The lowest BCUT2D eigenvalue weighted by atomic mass is 9.85. The Morgan fingerprint density at radius 3 is 1.93 bits per heavy atom. The molecule has 1 aromatic carbocycles. The van der Waals surface area contributed by atoms with Crippen LogP contribution in [0, 0.1) is 0 Å². The van der Waals surface area contributed by atoms with Crippen molar-refractivity contribution in [1.29, 1.82) is 0 Å². The van der Waals surface area contributed by atoms with Crippen LogP contribution in [0.2, 0.25) is 0 Å². The quantitative estimate of drug-likeness (QED) is 0.221. The third kappa shape index (κ3) is 6.63. The molecule has 0 heterocycles. The van der Waals surface area contributed by atoms with Gasteiger partial charge >= 0.3 is 27.3 Å². The highest BCUT2D eigenvalue weighted by Gasteiger charge is 2.45. The number of hydrogen-bond acceptors (Lipinski definition) is 6. The number of hydrogen-bond donors (Lipinski definition) is 1. The predicted molar refractivity (Wildman–Crippen MR) is 106 cm³/mol. The number of carbonyl (C=O) groups excluding carboxylic acids is 2. The highest BCUT2D eigenvalue weighted by molar-refractivity contribution is 7.86. The lowest BCUT2D eigenvalue weighted by molar-refractivity contribution is -0.151. The molecule has 0 aromatic heterocycles. The minimum Gasteiger partial charge on any atom is -0.458 e. The summed E-state index contributed by atoms with van der Waals surface area (Å²) in [5.41, 5.74) is 2.80. The van der Waals surface area contributed by atoms with E-state index in [1.165, 1.54) is 0 Å². The second kappa shape index (κ2) is 10.1. The molecule has 0 radical (unpaired) electrons. The van der Waals surface area contributed by atoms with Crippen LogP contribution >= 0.6 is 0 Å². The van der Waals surface area contributed by atoms with Gasteiger partial charge in [-0.3, -0.25) is 14.1 Å². The lowest BCUT2D eigenvalue weighted by Crippen LogP contribution is -2.34. The first-order chi connectivity index (χ1) is 12.9. The van der Waals surface area contributed by atoms with Gasteiger partial charge in [-0.05, 0) is 11.1 Å². The maximum Gasteiger partial charge on any atom is 0.402 e. The molecule has 0 amide bonds. The highest BCUT2D eigenvalue weighted by atomic mass is 32.2. The van der Waals surface area contributed by atoms with Crippen molar-refractivity contribution in [1.82, 2.24) is 0 Å². The first-order valence-electron chi connectivity index (χ1n) is 8.80. The van der Waals surface area contributed by atoms with E-state index in [-0.39, 0.29) is 0 Å². The van der Waals surface area contributed by atoms with Gasteiger partial charge in [0.25, 0.3) is 0 Å². The summed E-state index contributed by atoms with van der Waals surface area (Å²) in [5, 5.41) is -4.61. The van der Waals surface area contributed by atoms with Crippen molar-refractivity contribution < 1.29 is 40.8 Å². The number of esters is 2. The van der Waals surface area contributed by atoms with Gasteiger partial charge in [0.2, 0.25) is 0 Å². The second-order valence-electron chi connectivity index (χ2n) is 6.05. The maximum absolute atomic E-state index is 13.0. The molecule has 0 unspecified atom stereocenters. The van der Waals surface area contributed by atoms with Crippen molar-refractivity contribution in [3.63, 3.8) is 0 Å². The first kappa shape index (κ1) is 24.2. The van der Waals surface area contributed by atoms with Crippen molar-refractivity contribution in [2.75, 3.05) is 6.61 Å². The number of halogens is 2. The standard InChI is InChI=1S/C15H21B3F2O7S/c16-5-9-3-10(6-17)14(11(4-9)7-18)27-13(22)2-1-12(21)26-8-15(19,20)28(23,24)25/h3-4H,1-2,5-8,16-18H2,(H,23,24,25). The van der Waals surface area contributed by atoms with Crippen LogP contribution in [0.25, 0.3) is 0 Å². The number of alkyl halides is 2. The molecule has 0 saturated carbocycles. The molecule has 0 atom stereocenters. The first-order valence-corrected chi connectivity index (χ1v) is 10.2. The van der Waals surface area contributed by atoms with Crippen LogP contribution in [0.4, 0.5) is 8.78 Å². The fraction of sp³-hybridized carbons (Fsp3) is 0.467. The Morgan fingerprint density at radius 1 is 1.00 bits per heavy atom. The summed E-state index contributed by atoms with van der Waals surface area (Å²) < 4.78 is 64.7. The minimum atomic E-state index is -5.69. The highest BCUT2D eigenvalue weighted by Crippen LogP contribution is 2.27. The number of carbonyl (C=O) groups is 2. The van der Waals surface area contributed by atoms with Crippen LogP contribution in [0.1, 0.15) is 29.5 Å². The van der Waals surface area contributed by atoms with Crippen molar-refractivity contribution in [2.24, 2.45) is 0 Å². The summed E-state index contributed by atoms with van der Waals surface area (Å²) in [4.78, 5) is 23.5. The van der Waals surface area contributed by atoms with Gasteiger partial charge in [0.05, 0.1) is 12.8 Å². The van der Waals surface area contributed by atoms with Gasteiger partial charge < -0.3 is 9.47 Å². The topological polar surface area (TPSA) is 107 Å². The van der Waals surface area contributed by atoms with Gasteiger partial charge in [-0.1, -0.05) is 36.7 Å². The number of ether oxygens (including phenoxy) is 2. The van der Waals surface area contributed by atoms with E-state index in [4.69, 9.17) is 9.29 Å². The normalized spacial score (nSPS) is 11.8. The van der Waals surface area contributed by atoms with Crippen LogP contribution in [-0.2, 0) is 43.4 Å². The Labute approximate surface area is 165 Å². The van der Waals surface area contributed by atoms with Crippen molar-refractivity contribution in [2.45, 2.75) is 37.1 Å². The Hall–Kier alpha value is -1.88. The summed E-state index contributed by atoms with van der Waals surface area (Å²) in [6, 6.07) is 3.88. The molecular weight excluding hydrogens is 395 g/mol. The molecule has 13 heteroatoms. The van der Waals surface area contributed by atoms with Gasteiger partial charge in [0.1, 0.15) is 29.3 Å². The lowest BCUT2D eigenvalue weighted by Gasteiger charge is -2.15. The molecule has 0 saturated heterocycles. The summed E-state index contributed by atoms with van der Waals surface area (Å²) in [7, 11) is 0.148. The number of benzene rings is 1. The molecule has 1 N–H and O–H groups in total. The van der Waals surface area contributed by atoms with E-state index in [0.29, 0.717) is 18.4 Å². The zero-order valence-corrected chi connectivity index (χ0v) is 16.8. The smallest absolute Gasteiger partial charge is 0.402 e. The Kier molecular flexibility index (Phi) is 8.68. The Bertz CT molecular complexity index is 806. The SMILES string of the molecule is BCc1cc(CB)c(OC(=O)CCC(=O)OCC(F)(F)S(=O)(=O)O)c(CB)c1. The second-order valence-corrected chi connectivity index (χ2v) is 7.60. The summed E-state index contributed by atoms with van der Waals surface area (Å²) in [5.74, 6) is -1.53. The fourth-order valence-electron chi connectivity index (χ4n) is 2.37. The van der Waals surface area contributed by atoms with Crippen LogP contribution in [0.15, 0.2) is 12.1 Å². The molecular formula is C15H21B3F2O7S. The van der Waals surface area contributed by atoms with Gasteiger partial charge in [0, 0.05) is 0 Å². The summed E-state index contributed by atoms with van der Waals surface area (Å²) in [6.07, 6.45) is 1.09. The van der Waals surface area contributed by atoms with Crippen molar-refractivity contribution in [3.8, 4) is 5.75 Å². The van der Waals surface area contributed by atoms with Crippen LogP contribution in [-0.4, -0.2) is 60.3 Å². The maximum atomic E-state index is 13.0. The Balaban J connectivity index is 2.70. The van der Waals surface area contributed by atoms with E-state index in [1.807, 2.05) is 35.7 Å². The zero-order chi connectivity index (χ0) is 21.5. The Morgan fingerprint density at radius 2 is 1.50 bits per heavy atom. The van der Waals surface area contributed by atoms with Crippen molar-refractivity contribution >= 4 is 45.6 Å². The molecule has 0 aliphatic carbocycles. The van der Waals surface area contributed by atoms with E-state index in [0.717, 1.165) is 23.0 Å². The summed E-state index contributed by atoms with van der Waals surface area (Å²) >= 11 is 0. The van der Waals surface area contributed by atoms with E-state index in [9.17, 15) is 26.8 Å². The van der Waals surface area contributed by atoms with Gasteiger partial charge in [0.15, 0.2) is 6.61 Å². The molecule has 0 fully saturated rings. The fourth-order valence-corrected chi connectivity index (χ4v) is 2.58. The minimum absolute atomic E-state index is 0.429. The van der Waals surface area contributed by atoms with E-state index < -0.39 is 46.8 Å². The van der Waals surface area contributed by atoms with Crippen molar-refractivity contribution in [3.05, 3.63) is 28.8 Å². The van der Waals surface area contributed by atoms with Gasteiger partial charge in [-0.15, -0.1) is 0 Å². The van der Waals surface area contributed by atoms with E-state index >= 15 is 0 Å². The average molecular weight is 416 g/mol. The monoisotopic (exact) mass is 416 g/mol. The molecule has 28 heavy (non-hydrogen) atoms. The molecule has 152 valence electrons. The van der Waals surface area contributed by atoms with Crippen LogP contribution < -0.4 is 4.74 Å². The molecule has 0 aliphatic rings. The molecule has 0 bridgehead atoms. The molecule has 1 aromatic rings. The third-order valence-corrected chi connectivity index (χ3v) is 4.87. The largest absolute Gasteiger partial charge is 0.458 e. The summed E-state index contributed by atoms with van der Waals surface area (Å²) in [6.45, 7) is -1.84.